The number of anilines is 1. The van der Waals surface area contributed by atoms with Gasteiger partial charge in [0.1, 0.15) is 11.5 Å². The Morgan fingerprint density at radius 1 is 1.44 bits per heavy atom. The summed E-state index contributed by atoms with van der Waals surface area (Å²) in [6, 6.07) is 0.0123. The topological polar surface area (TPSA) is 76.1 Å². The van der Waals surface area contributed by atoms with Crippen molar-refractivity contribution in [1.29, 1.82) is 0 Å². The van der Waals surface area contributed by atoms with E-state index in [1.165, 1.54) is 12.4 Å². The van der Waals surface area contributed by atoms with Crippen molar-refractivity contribution >= 4 is 11.7 Å². The predicted molar refractivity (Wildman–Crippen MR) is 69.6 cm³/mol. The maximum Gasteiger partial charge on any atom is 0.271 e. The average molecular weight is 252 g/mol. The van der Waals surface area contributed by atoms with Crippen molar-refractivity contribution in [3.8, 4) is 0 Å². The minimum absolute atomic E-state index is 0.0123. The molecule has 6 heteroatoms. The Morgan fingerprint density at radius 2 is 2.22 bits per heavy atom. The molecule has 0 spiro atoms. The Balaban J connectivity index is 2.61. The van der Waals surface area contributed by atoms with Crippen LogP contribution < -0.4 is 10.6 Å². The lowest BCUT2D eigenvalue weighted by atomic mass is 10.2. The van der Waals surface area contributed by atoms with E-state index in [1.54, 1.807) is 14.2 Å². The highest BCUT2D eigenvalue weighted by Crippen LogP contribution is 2.02. The molecule has 0 aliphatic heterocycles. The minimum atomic E-state index is -0.222. The van der Waals surface area contributed by atoms with Crippen LogP contribution in [0.3, 0.4) is 0 Å². The first kappa shape index (κ1) is 14.4. The van der Waals surface area contributed by atoms with Crippen LogP contribution in [0, 0.1) is 0 Å². The first-order valence-corrected chi connectivity index (χ1v) is 6.00. The lowest BCUT2D eigenvalue weighted by Crippen LogP contribution is -2.38. The fraction of sp³-hybridized carbons (Fsp3) is 0.583. The Morgan fingerprint density at radius 3 is 2.72 bits per heavy atom. The van der Waals surface area contributed by atoms with Gasteiger partial charge in [-0.3, -0.25) is 4.79 Å². The molecule has 0 fully saturated rings. The second-order valence-corrected chi connectivity index (χ2v) is 3.95. The number of ether oxygens (including phenoxy) is 1. The van der Waals surface area contributed by atoms with E-state index in [1.807, 2.05) is 0 Å². The molecule has 0 aromatic carbocycles. The van der Waals surface area contributed by atoms with E-state index < -0.39 is 0 Å². The normalized spacial score (nSPS) is 11.9. The molecule has 0 aliphatic carbocycles. The van der Waals surface area contributed by atoms with Crippen molar-refractivity contribution in [1.82, 2.24) is 15.3 Å². The molecule has 1 aromatic heterocycles. The molecule has 0 saturated carbocycles. The van der Waals surface area contributed by atoms with E-state index in [0.29, 0.717) is 18.1 Å². The SMILES string of the molecule is CCCC(COC)NC(=O)c1cnc(NC)cn1. The van der Waals surface area contributed by atoms with E-state index >= 15 is 0 Å². The summed E-state index contributed by atoms with van der Waals surface area (Å²) in [5.41, 5.74) is 0.311. The highest BCUT2D eigenvalue weighted by molar-refractivity contribution is 5.92. The fourth-order valence-corrected chi connectivity index (χ4v) is 1.58. The Bertz CT molecular complexity index is 361. The van der Waals surface area contributed by atoms with Crippen LogP contribution in [0.15, 0.2) is 12.4 Å². The molecular formula is C12H20N4O2. The summed E-state index contributed by atoms with van der Waals surface area (Å²) < 4.78 is 5.07. The Labute approximate surface area is 107 Å². The van der Waals surface area contributed by atoms with Gasteiger partial charge in [0.25, 0.3) is 5.91 Å². The smallest absolute Gasteiger partial charge is 0.271 e. The van der Waals surface area contributed by atoms with E-state index in [4.69, 9.17) is 4.74 Å². The molecule has 1 atom stereocenters. The van der Waals surface area contributed by atoms with Gasteiger partial charge >= 0.3 is 0 Å². The van der Waals surface area contributed by atoms with Crippen LogP contribution in [0.4, 0.5) is 5.82 Å². The molecule has 1 aromatic rings. The molecule has 0 bridgehead atoms. The van der Waals surface area contributed by atoms with Crippen LogP contribution >= 0.6 is 0 Å². The van der Waals surface area contributed by atoms with Crippen molar-refractivity contribution in [2.75, 3.05) is 26.1 Å². The zero-order valence-electron chi connectivity index (χ0n) is 11.1. The maximum atomic E-state index is 11.9. The number of rotatable bonds is 7. The molecule has 1 unspecified atom stereocenters. The molecule has 6 nitrogen and oxygen atoms in total. The molecule has 100 valence electrons. The number of hydrogen-bond acceptors (Lipinski definition) is 5. The highest BCUT2D eigenvalue weighted by atomic mass is 16.5. The third-order valence-electron chi connectivity index (χ3n) is 2.48. The van der Waals surface area contributed by atoms with Crippen LogP contribution in [0.1, 0.15) is 30.3 Å². The highest BCUT2D eigenvalue weighted by Gasteiger charge is 2.14. The molecule has 1 rings (SSSR count). The first-order chi connectivity index (χ1) is 8.71. The number of carbonyl (C=O) groups excluding carboxylic acids is 1. The number of nitrogens with one attached hydrogen (secondary N) is 2. The van der Waals surface area contributed by atoms with Gasteiger partial charge in [-0.1, -0.05) is 13.3 Å². The fourth-order valence-electron chi connectivity index (χ4n) is 1.58. The predicted octanol–water partition coefficient (Wildman–Crippen LogP) is 1.06. The van der Waals surface area contributed by atoms with Crippen LogP contribution in [0.25, 0.3) is 0 Å². The van der Waals surface area contributed by atoms with Gasteiger partial charge in [0.15, 0.2) is 0 Å². The van der Waals surface area contributed by atoms with Gasteiger partial charge in [0.05, 0.1) is 25.0 Å². The van der Waals surface area contributed by atoms with Crippen LogP contribution in [-0.2, 0) is 4.74 Å². The molecule has 0 saturated heterocycles. The molecular weight excluding hydrogens is 232 g/mol. The second-order valence-electron chi connectivity index (χ2n) is 3.95. The monoisotopic (exact) mass is 252 g/mol. The number of hydrogen-bond donors (Lipinski definition) is 2. The minimum Gasteiger partial charge on any atom is -0.383 e. The van der Waals surface area contributed by atoms with Gasteiger partial charge in [-0.15, -0.1) is 0 Å². The van der Waals surface area contributed by atoms with Crippen LogP contribution in [0.2, 0.25) is 0 Å². The van der Waals surface area contributed by atoms with Gasteiger partial charge in [-0.2, -0.15) is 0 Å². The average Bonchev–Trinajstić information content (AvgIpc) is 2.39. The standard InChI is InChI=1S/C12H20N4O2/c1-4-5-9(8-18-3)16-12(17)10-6-15-11(13-2)7-14-10/h6-7,9H,4-5,8H2,1-3H3,(H,13,15)(H,16,17). The van der Waals surface area contributed by atoms with Gasteiger partial charge in [-0.25, -0.2) is 9.97 Å². The van der Waals surface area contributed by atoms with Gasteiger partial charge < -0.3 is 15.4 Å². The molecule has 2 N–H and O–H groups in total. The quantitative estimate of drug-likeness (QED) is 0.759. The summed E-state index contributed by atoms with van der Waals surface area (Å²) in [5.74, 6) is 0.411. The molecule has 1 heterocycles. The number of nitrogens with zero attached hydrogens (tertiary/aromatic N) is 2. The number of aromatic nitrogens is 2. The lowest BCUT2D eigenvalue weighted by Gasteiger charge is -2.16. The summed E-state index contributed by atoms with van der Waals surface area (Å²) in [6.07, 6.45) is 4.84. The third-order valence-corrected chi connectivity index (χ3v) is 2.48. The number of methoxy groups -OCH3 is 1. The largest absolute Gasteiger partial charge is 0.383 e. The summed E-state index contributed by atoms with van der Waals surface area (Å²) >= 11 is 0. The third kappa shape index (κ3) is 4.29. The summed E-state index contributed by atoms with van der Waals surface area (Å²) in [4.78, 5) is 20.0. The lowest BCUT2D eigenvalue weighted by molar-refractivity contribution is 0.0886. The van der Waals surface area contributed by atoms with Crippen molar-refractivity contribution in [2.24, 2.45) is 0 Å². The molecule has 18 heavy (non-hydrogen) atoms. The molecule has 0 aliphatic rings. The van der Waals surface area contributed by atoms with E-state index in [2.05, 4.69) is 27.5 Å². The maximum absolute atomic E-state index is 11.9. The summed E-state index contributed by atoms with van der Waals surface area (Å²) in [6.45, 7) is 2.57. The van der Waals surface area contributed by atoms with Crippen LogP contribution in [-0.4, -0.2) is 42.7 Å². The van der Waals surface area contributed by atoms with Gasteiger partial charge in [0.2, 0.25) is 0 Å². The molecule has 0 radical (unpaired) electrons. The Hall–Kier alpha value is -1.69. The summed E-state index contributed by atoms with van der Waals surface area (Å²) in [5, 5.41) is 5.73. The van der Waals surface area contributed by atoms with Crippen molar-refractivity contribution < 1.29 is 9.53 Å². The first-order valence-electron chi connectivity index (χ1n) is 6.00. The van der Waals surface area contributed by atoms with Crippen molar-refractivity contribution in [3.63, 3.8) is 0 Å². The van der Waals surface area contributed by atoms with E-state index in [-0.39, 0.29) is 11.9 Å². The van der Waals surface area contributed by atoms with E-state index in [0.717, 1.165) is 12.8 Å². The van der Waals surface area contributed by atoms with Gasteiger partial charge in [0, 0.05) is 14.2 Å². The van der Waals surface area contributed by atoms with Gasteiger partial charge in [-0.05, 0) is 6.42 Å². The van der Waals surface area contributed by atoms with Crippen molar-refractivity contribution in [3.05, 3.63) is 18.1 Å². The van der Waals surface area contributed by atoms with E-state index in [9.17, 15) is 4.79 Å². The molecule has 1 amide bonds. The van der Waals surface area contributed by atoms with Crippen molar-refractivity contribution in [2.45, 2.75) is 25.8 Å². The number of amides is 1. The Kier molecular flexibility index (Phi) is 6.07. The van der Waals surface area contributed by atoms with Crippen LogP contribution in [0.5, 0.6) is 0 Å². The zero-order valence-corrected chi connectivity index (χ0v) is 11.1. The number of carbonyl (C=O) groups is 1. The second kappa shape index (κ2) is 7.60. The zero-order chi connectivity index (χ0) is 13.4. The summed E-state index contributed by atoms with van der Waals surface area (Å²) in [7, 11) is 3.37.